The highest BCUT2D eigenvalue weighted by molar-refractivity contribution is 7.17. The Hall–Kier alpha value is -3.73. The van der Waals surface area contributed by atoms with Gasteiger partial charge in [0.2, 0.25) is 0 Å². The van der Waals surface area contributed by atoms with Crippen LogP contribution in [0.3, 0.4) is 0 Å². The topological polar surface area (TPSA) is 37.8 Å². The Kier molecular flexibility index (Phi) is 5.46. The summed E-state index contributed by atoms with van der Waals surface area (Å²) in [5.41, 5.74) is 7.04. The summed E-state index contributed by atoms with van der Waals surface area (Å²) >= 11 is 8.27. The molecule has 0 radical (unpaired) electrons. The molecule has 34 heavy (non-hydrogen) atoms. The zero-order valence-corrected chi connectivity index (χ0v) is 19.8. The largest absolute Gasteiger partial charge is 0.381 e. The maximum absolute atomic E-state index is 6.49. The molecule has 0 amide bonds. The van der Waals surface area contributed by atoms with E-state index < -0.39 is 0 Å². The molecule has 5 heteroatoms. The van der Waals surface area contributed by atoms with Crippen LogP contribution in [0.1, 0.15) is 5.56 Å². The average Bonchev–Trinajstić information content (AvgIpc) is 3.31. The van der Waals surface area contributed by atoms with Crippen LogP contribution in [0.15, 0.2) is 102 Å². The van der Waals surface area contributed by atoms with Crippen LogP contribution in [-0.4, -0.2) is 10.2 Å². The minimum atomic E-state index is 0.601. The molecule has 2 heterocycles. The van der Waals surface area contributed by atoms with Crippen molar-refractivity contribution in [1.82, 2.24) is 10.2 Å². The molecule has 0 fully saturated rings. The normalized spacial score (nSPS) is 11.2. The maximum Gasteiger partial charge on any atom is 0.112 e. The van der Waals surface area contributed by atoms with Crippen LogP contribution in [-0.2, 0) is 6.54 Å². The van der Waals surface area contributed by atoms with Crippen molar-refractivity contribution in [1.29, 1.82) is 0 Å². The monoisotopic (exact) mass is 477 g/mol. The number of rotatable bonds is 5. The van der Waals surface area contributed by atoms with Gasteiger partial charge in [-0.1, -0.05) is 84.4 Å². The number of hydrogen-bond acceptors (Lipinski definition) is 4. The van der Waals surface area contributed by atoms with E-state index in [2.05, 4.69) is 87.6 Å². The molecule has 0 spiro atoms. The number of halogens is 1. The van der Waals surface area contributed by atoms with Gasteiger partial charge in [0.1, 0.15) is 11.2 Å². The first kappa shape index (κ1) is 20.8. The summed E-state index contributed by atoms with van der Waals surface area (Å²) in [4.78, 5) is 0. The van der Waals surface area contributed by atoms with Gasteiger partial charge >= 0.3 is 0 Å². The van der Waals surface area contributed by atoms with Gasteiger partial charge < -0.3 is 5.32 Å². The molecule has 3 nitrogen and oxygen atoms in total. The predicted molar refractivity (Wildman–Crippen MR) is 145 cm³/mol. The number of anilines is 1. The van der Waals surface area contributed by atoms with Crippen LogP contribution < -0.4 is 5.32 Å². The first-order valence-corrected chi connectivity index (χ1v) is 12.3. The Morgan fingerprint density at radius 2 is 1.50 bits per heavy atom. The van der Waals surface area contributed by atoms with Crippen LogP contribution >= 0.6 is 22.9 Å². The lowest BCUT2D eigenvalue weighted by atomic mass is 9.95. The molecule has 164 valence electrons. The Balaban J connectivity index is 1.43. The van der Waals surface area contributed by atoms with Crippen molar-refractivity contribution in [2.75, 3.05) is 5.32 Å². The molecule has 4 aromatic carbocycles. The van der Waals surface area contributed by atoms with Crippen LogP contribution in [0, 0.1) is 0 Å². The molecule has 0 bridgehead atoms. The molecule has 0 unspecified atom stereocenters. The second-order valence-electron chi connectivity index (χ2n) is 8.12. The Morgan fingerprint density at radius 3 is 2.41 bits per heavy atom. The van der Waals surface area contributed by atoms with Crippen molar-refractivity contribution in [2.45, 2.75) is 6.54 Å². The number of aromatic nitrogens is 2. The van der Waals surface area contributed by atoms with E-state index in [0.29, 0.717) is 10.5 Å². The smallest absolute Gasteiger partial charge is 0.112 e. The number of thiophene rings is 1. The third-order valence-electron chi connectivity index (χ3n) is 5.99. The number of nitrogens with zero attached hydrogens (tertiary/aromatic N) is 2. The van der Waals surface area contributed by atoms with Crippen molar-refractivity contribution in [3.63, 3.8) is 0 Å². The van der Waals surface area contributed by atoms with Crippen molar-refractivity contribution in [3.05, 3.63) is 113 Å². The van der Waals surface area contributed by atoms with Gasteiger partial charge in [-0.3, -0.25) is 0 Å². The van der Waals surface area contributed by atoms with Gasteiger partial charge in [-0.05, 0) is 46.2 Å². The van der Waals surface area contributed by atoms with Crippen LogP contribution in [0.25, 0.3) is 43.4 Å². The molecule has 6 rings (SSSR count). The first-order valence-electron chi connectivity index (χ1n) is 11.1. The third kappa shape index (κ3) is 3.81. The van der Waals surface area contributed by atoms with Crippen molar-refractivity contribution < 1.29 is 0 Å². The van der Waals surface area contributed by atoms with E-state index in [0.717, 1.165) is 40.0 Å². The van der Waals surface area contributed by atoms with Crippen LogP contribution in [0.5, 0.6) is 0 Å². The predicted octanol–water partition coefficient (Wildman–Crippen LogP) is 8.44. The van der Waals surface area contributed by atoms with E-state index >= 15 is 0 Å². The van der Waals surface area contributed by atoms with Crippen LogP contribution in [0.4, 0.5) is 5.69 Å². The zero-order chi connectivity index (χ0) is 22.9. The lowest BCUT2D eigenvalue weighted by Gasteiger charge is -2.14. The van der Waals surface area contributed by atoms with Gasteiger partial charge in [-0.2, -0.15) is 0 Å². The summed E-state index contributed by atoms with van der Waals surface area (Å²) in [7, 11) is 0. The first-order chi connectivity index (χ1) is 16.8. The molecule has 1 N–H and O–H groups in total. The van der Waals surface area contributed by atoms with E-state index in [1.54, 1.807) is 11.3 Å². The zero-order valence-electron chi connectivity index (χ0n) is 18.2. The average molecular weight is 478 g/mol. The molecule has 6 aromatic rings. The fourth-order valence-corrected chi connectivity index (χ4v) is 5.51. The van der Waals surface area contributed by atoms with Gasteiger partial charge in [0.05, 0.1) is 5.02 Å². The molecule has 0 saturated heterocycles. The lowest BCUT2D eigenvalue weighted by Crippen LogP contribution is -1.99. The molecule has 2 aromatic heterocycles. The second kappa shape index (κ2) is 8.90. The third-order valence-corrected chi connectivity index (χ3v) is 7.30. The van der Waals surface area contributed by atoms with Crippen molar-refractivity contribution in [2.24, 2.45) is 0 Å². The highest BCUT2D eigenvalue weighted by atomic mass is 35.5. The minimum Gasteiger partial charge on any atom is -0.381 e. The van der Waals surface area contributed by atoms with Gasteiger partial charge in [0.25, 0.3) is 0 Å². The van der Waals surface area contributed by atoms with E-state index in [9.17, 15) is 0 Å². The molecule has 0 aliphatic carbocycles. The SMILES string of the molecule is Clc1cccc2c(-c3cccc(NCc4csc5ccccc45)c3)c(-c3ccccc3)nnc12. The molecule has 0 aliphatic rings. The summed E-state index contributed by atoms with van der Waals surface area (Å²) < 4.78 is 1.31. The Labute approximate surface area is 206 Å². The Bertz CT molecular complexity index is 1630. The molecule has 0 saturated carbocycles. The van der Waals surface area contributed by atoms with E-state index in [1.807, 2.05) is 30.3 Å². The maximum atomic E-state index is 6.49. The minimum absolute atomic E-state index is 0.601. The van der Waals surface area contributed by atoms with E-state index in [-0.39, 0.29) is 0 Å². The van der Waals surface area contributed by atoms with Crippen LogP contribution in [0.2, 0.25) is 5.02 Å². The fourth-order valence-electron chi connectivity index (χ4n) is 4.34. The number of fused-ring (bicyclic) bond motifs is 2. The molecule has 0 atom stereocenters. The fraction of sp³-hybridized carbons (Fsp3) is 0.0345. The van der Waals surface area contributed by atoms with Crippen molar-refractivity contribution in [3.8, 4) is 22.4 Å². The second-order valence-corrected chi connectivity index (χ2v) is 9.44. The summed E-state index contributed by atoms with van der Waals surface area (Å²) in [5.74, 6) is 0. The standard InChI is InChI=1S/C29H20ClN3S/c30-25-14-7-13-24-27(28(32-33-29(24)25)19-8-2-1-3-9-19)20-10-6-11-22(16-20)31-17-21-18-34-26-15-5-4-12-23(21)26/h1-16,18,31H,17H2. The van der Waals surface area contributed by atoms with Gasteiger partial charge in [0.15, 0.2) is 0 Å². The van der Waals surface area contributed by atoms with E-state index in [4.69, 9.17) is 11.6 Å². The molecule has 0 aliphatic heterocycles. The van der Waals surface area contributed by atoms with Gasteiger partial charge in [-0.15, -0.1) is 21.5 Å². The molecular formula is C29H20ClN3S. The summed E-state index contributed by atoms with van der Waals surface area (Å²) in [6, 6.07) is 33.1. The Morgan fingerprint density at radius 1 is 0.735 bits per heavy atom. The number of hydrogen-bond donors (Lipinski definition) is 1. The lowest BCUT2D eigenvalue weighted by molar-refractivity contribution is 1.08. The summed E-state index contributed by atoms with van der Waals surface area (Å²) in [6.45, 7) is 0.764. The quantitative estimate of drug-likeness (QED) is 0.270. The number of nitrogens with one attached hydrogen (secondary N) is 1. The highest BCUT2D eigenvalue weighted by Crippen LogP contribution is 2.38. The van der Waals surface area contributed by atoms with E-state index in [1.165, 1.54) is 15.6 Å². The van der Waals surface area contributed by atoms with Gasteiger partial charge in [0, 0.05) is 33.4 Å². The van der Waals surface area contributed by atoms with Crippen molar-refractivity contribution >= 4 is 49.6 Å². The highest BCUT2D eigenvalue weighted by Gasteiger charge is 2.16. The summed E-state index contributed by atoms with van der Waals surface area (Å²) in [6.07, 6.45) is 0. The van der Waals surface area contributed by atoms with Gasteiger partial charge in [-0.25, -0.2) is 0 Å². The number of benzene rings is 4. The molecular weight excluding hydrogens is 458 g/mol. The summed E-state index contributed by atoms with van der Waals surface area (Å²) in [5, 5.41) is 17.8.